The van der Waals surface area contributed by atoms with Crippen molar-refractivity contribution in [1.29, 1.82) is 0 Å². The summed E-state index contributed by atoms with van der Waals surface area (Å²) >= 11 is 1.60. The Morgan fingerprint density at radius 1 is 1.41 bits per heavy atom. The third kappa shape index (κ3) is 3.85. The van der Waals surface area contributed by atoms with E-state index in [-0.39, 0.29) is 5.91 Å². The topological polar surface area (TPSA) is 42.0 Å². The summed E-state index contributed by atoms with van der Waals surface area (Å²) in [5.74, 6) is -0.0951. The average molecular weight is 244 g/mol. The van der Waals surface area contributed by atoms with Gasteiger partial charge in [-0.1, -0.05) is 12.1 Å². The Labute approximate surface area is 104 Å². The van der Waals surface area contributed by atoms with E-state index in [1.807, 2.05) is 35.7 Å². The molecule has 1 N–H and O–H groups in total. The van der Waals surface area contributed by atoms with Gasteiger partial charge in [-0.05, 0) is 29.2 Å². The molecule has 2 heterocycles. The fourth-order valence-electron chi connectivity index (χ4n) is 1.29. The molecule has 0 fully saturated rings. The maximum atomic E-state index is 11.5. The number of hydrogen-bond donors (Lipinski definition) is 1. The first kappa shape index (κ1) is 11.5. The van der Waals surface area contributed by atoms with Crippen LogP contribution in [-0.2, 0) is 11.3 Å². The van der Waals surface area contributed by atoms with Gasteiger partial charge < -0.3 is 5.32 Å². The highest BCUT2D eigenvalue weighted by atomic mass is 32.1. The monoisotopic (exact) mass is 244 g/mol. The van der Waals surface area contributed by atoms with Gasteiger partial charge >= 0.3 is 0 Å². The van der Waals surface area contributed by atoms with Crippen LogP contribution in [0.2, 0.25) is 0 Å². The molecule has 0 bridgehead atoms. The first-order valence-corrected chi connectivity index (χ1v) is 6.11. The smallest absolute Gasteiger partial charge is 0.244 e. The molecule has 4 heteroatoms. The molecule has 86 valence electrons. The second kappa shape index (κ2) is 5.96. The molecule has 0 atom stereocenters. The highest BCUT2D eigenvalue weighted by Gasteiger charge is 1.96. The van der Waals surface area contributed by atoms with Crippen molar-refractivity contribution in [3.63, 3.8) is 0 Å². The predicted molar refractivity (Wildman–Crippen MR) is 69.4 cm³/mol. The number of thiophene rings is 1. The molecule has 2 rings (SSSR count). The zero-order valence-electron chi connectivity index (χ0n) is 9.17. The lowest BCUT2D eigenvalue weighted by molar-refractivity contribution is -0.116. The van der Waals surface area contributed by atoms with E-state index in [0.717, 1.165) is 10.4 Å². The number of pyridine rings is 1. The number of aromatic nitrogens is 1. The molecule has 1 amide bonds. The summed E-state index contributed by atoms with van der Waals surface area (Å²) in [5, 5.41) is 4.78. The van der Waals surface area contributed by atoms with Crippen LogP contribution < -0.4 is 5.32 Å². The normalized spacial score (nSPS) is 10.6. The van der Waals surface area contributed by atoms with Gasteiger partial charge in [0.25, 0.3) is 0 Å². The molecule has 0 saturated heterocycles. The molecule has 0 saturated carbocycles. The zero-order chi connectivity index (χ0) is 11.9. The quantitative estimate of drug-likeness (QED) is 0.839. The van der Waals surface area contributed by atoms with Gasteiger partial charge in [-0.3, -0.25) is 9.78 Å². The minimum absolute atomic E-state index is 0.0951. The second-order valence-corrected chi connectivity index (χ2v) is 4.41. The molecule has 2 aromatic rings. The summed E-state index contributed by atoms with van der Waals surface area (Å²) in [6.45, 7) is 0.501. The first-order chi connectivity index (χ1) is 8.34. The van der Waals surface area contributed by atoms with Crippen molar-refractivity contribution in [1.82, 2.24) is 10.3 Å². The summed E-state index contributed by atoms with van der Waals surface area (Å²) in [6, 6.07) is 7.70. The molecule has 0 radical (unpaired) electrons. The van der Waals surface area contributed by atoms with E-state index in [1.54, 1.807) is 29.8 Å². The van der Waals surface area contributed by atoms with Crippen LogP contribution in [0.5, 0.6) is 0 Å². The van der Waals surface area contributed by atoms with Crippen molar-refractivity contribution < 1.29 is 4.79 Å². The number of nitrogens with one attached hydrogen (secondary N) is 1. The lowest BCUT2D eigenvalue weighted by atomic mass is 10.3. The molecule has 0 aliphatic rings. The number of amides is 1. The van der Waals surface area contributed by atoms with Crippen LogP contribution in [0.15, 0.2) is 48.1 Å². The molecule has 17 heavy (non-hydrogen) atoms. The van der Waals surface area contributed by atoms with Gasteiger partial charge in [0.1, 0.15) is 0 Å². The van der Waals surface area contributed by atoms with E-state index < -0.39 is 0 Å². The Bertz CT molecular complexity index is 491. The summed E-state index contributed by atoms with van der Waals surface area (Å²) < 4.78 is 0. The van der Waals surface area contributed by atoms with Crippen LogP contribution in [0.3, 0.4) is 0 Å². The molecular formula is C13H12N2OS. The molecule has 0 aliphatic heterocycles. The molecule has 0 spiro atoms. The van der Waals surface area contributed by atoms with Crippen LogP contribution >= 0.6 is 11.3 Å². The Balaban J connectivity index is 1.82. The SMILES string of the molecule is O=C(C=Cc1cccs1)NCc1cccnc1. The van der Waals surface area contributed by atoms with E-state index in [9.17, 15) is 4.79 Å². The standard InChI is InChI=1S/C13H12N2OS/c16-13(6-5-12-4-2-8-17-12)15-10-11-3-1-7-14-9-11/h1-9H,10H2,(H,15,16). The molecule has 3 nitrogen and oxygen atoms in total. The Morgan fingerprint density at radius 3 is 3.06 bits per heavy atom. The summed E-state index contributed by atoms with van der Waals surface area (Å²) in [7, 11) is 0. The lowest BCUT2D eigenvalue weighted by Crippen LogP contribution is -2.20. The number of rotatable bonds is 4. The summed E-state index contributed by atoms with van der Waals surface area (Å²) in [5.41, 5.74) is 0.991. The Hall–Kier alpha value is -1.94. The predicted octanol–water partition coefficient (Wildman–Crippen LogP) is 2.47. The van der Waals surface area contributed by atoms with E-state index in [0.29, 0.717) is 6.54 Å². The minimum Gasteiger partial charge on any atom is -0.348 e. The lowest BCUT2D eigenvalue weighted by Gasteiger charge is -2.00. The van der Waals surface area contributed by atoms with E-state index >= 15 is 0 Å². The summed E-state index contributed by atoms with van der Waals surface area (Å²) in [4.78, 5) is 16.6. The fraction of sp³-hybridized carbons (Fsp3) is 0.0769. The van der Waals surface area contributed by atoms with Crippen LogP contribution in [0.4, 0.5) is 0 Å². The maximum Gasteiger partial charge on any atom is 0.244 e. The van der Waals surface area contributed by atoms with Gasteiger partial charge in [-0.25, -0.2) is 0 Å². The van der Waals surface area contributed by atoms with Crippen LogP contribution in [0, 0.1) is 0 Å². The van der Waals surface area contributed by atoms with Gasteiger partial charge in [-0.2, -0.15) is 0 Å². The number of carbonyl (C=O) groups is 1. The van der Waals surface area contributed by atoms with Crippen molar-refractivity contribution in [2.45, 2.75) is 6.54 Å². The van der Waals surface area contributed by atoms with E-state index in [2.05, 4.69) is 10.3 Å². The third-order valence-corrected chi connectivity index (χ3v) is 2.97. The van der Waals surface area contributed by atoms with Crippen molar-refractivity contribution in [2.24, 2.45) is 0 Å². The molecule has 0 unspecified atom stereocenters. The number of carbonyl (C=O) groups excluding carboxylic acids is 1. The largest absolute Gasteiger partial charge is 0.348 e. The van der Waals surface area contributed by atoms with Gasteiger partial charge in [0.05, 0.1) is 0 Å². The second-order valence-electron chi connectivity index (χ2n) is 3.43. The van der Waals surface area contributed by atoms with Crippen molar-refractivity contribution >= 4 is 23.3 Å². The van der Waals surface area contributed by atoms with Gasteiger partial charge in [0.2, 0.25) is 5.91 Å². The van der Waals surface area contributed by atoms with Crippen molar-refractivity contribution in [3.05, 3.63) is 58.6 Å². The molecular weight excluding hydrogens is 232 g/mol. The molecule has 0 aromatic carbocycles. The fourth-order valence-corrected chi connectivity index (χ4v) is 1.91. The molecule has 0 aliphatic carbocycles. The van der Waals surface area contributed by atoms with E-state index in [1.165, 1.54) is 0 Å². The van der Waals surface area contributed by atoms with Crippen LogP contribution in [0.25, 0.3) is 6.08 Å². The average Bonchev–Trinajstić information content (AvgIpc) is 2.88. The van der Waals surface area contributed by atoms with Crippen molar-refractivity contribution in [2.75, 3.05) is 0 Å². The highest BCUT2D eigenvalue weighted by molar-refractivity contribution is 7.10. The highest BCUT2D eigenvalue weighted by Crippen LogP contribution is 2.09. The van der Waals surface area contributed by atoms with Gasteiger partial charge in [-0.15, -0.1) is 11.3 Å². The minimum atomic E-state index is -0.0951. The van der Waals surface area contributed by atoms with Gasteiger partial charge in [0.15, 0.2) is 0 Å². The van der Waals surface area contributed by atoms with Gasteiger partial charge in [0, 0.05) is 29.9 Å². The Morgan fingerprint density at radius 2 is 2.35 bits per heavy atom. The van der Waals surface area contributed by atoms with E-state index in [4.69, 9.17) is 0 Å². The van der Waals surface area contributed by atoms with Crippen LogP contribution in [-0.4, -0.2) is 10.9 Å². The Kier molecular flexibility index (Phi) is 4.05. The van der Waals surface area contributed by atoms with Crippen molar-refractivity contribution in [3.8, 4) is 0 Å². The van der Waals surface area contributed by atoms with Crippen LogP contribution in [0.1, 0.15) is 10.4 Å². The first-order valence-electron chi connectivity index (χ1n) is 5.23. The summed E-state index contributed by atoms with van der Waals surface area (Å²) in [6.07, 6.45) is 6.80. The molecule has 2 aromatic heterocycles. The maximum absolute atomic E-state index is 11.5. The number of hydrogen-bond acceptors (Lipinski definition) is 3. The third-order valence-electron chi connectivity index (χ3n) is 2.13. The zero-order valence-corrected chi connectivity index (χ0v) is 9.98. The number of nitrogens with zero attached hydrogens (tertiary/aromatic N) is 1.